The molecule has 0 aliphatic heterocycles. The standard InChI is InChI=1S/C18H17N3/c1-14(15-8-4-2-5-9-15)21-18-19-12-17(13-20-18)16-10-6-3-7-11-16/h2-14H,1H3,(H,19,20,21). The lowest BCUT2D eigenvalue weighted by Crippen LogP contribution is -2.09. The van der Waals surface area contributed by atoms with E-state index in [2.05, 4.69) is 46.5 Å². The first-order valence-electron chi connectivity index (χ1n) is 7.02. The minimum Gasteiger partial charge on any atom is -0.348 e. The lowest BCUT2D eigenvalue weighted by molar-refractivity contribution is 0.861. The predicted molar refractivity (Wildman–Crippen MR) is 85.9 cm³/mol. The van der Waals surface area contributed by atoms with Crippen LogP contribution in [0.2, 0.25) is 0 Å². The van der Waals surface area contributed by atoms with Crippen LogP contribution in [0, 0.1) is 0 Å². The smallest absolute Gasteiger partial charge is 0.223 e. The van der Waals surface area contributed by atoms with E-state index in [1.54, 1.807) is 0 Å². The Kier molecular flexibility index (Phi) is 3.92. The number of nitrogens with one attached hydrogen (secondary N) is 1. The van der Waals surface area contributed by atoms with Gasteiger partial charge in [-0.25, -0.2) is 9.97 Å². The number of benzene rings is 2. The van der Waals surface area contributed by atoms with Crippen LogP contribution in [0.5, 0.6) is 0 Å². The van der Waals surface area contributed by atoms with Gasteiger partial charge in [0.2, 0.25) is 5.95 Å². The van der Waals surface area contributed by atoms with Gasteiger partial charge in [0.25, 0.3) is 0 Å². The van der Waals surface area contributed by atoms with Crippen LogP contribution >= 0.6 is 0 Å². The van der Waals surface area contributed by atoms with Crippen molar-refractivity contribution in [2.75, 3.05) is 5.32 Å². The minimum absolute atomic E-state index is 0.175. The van der Waals surface area contributed by atoms with E-state index in [1.165, 1.54) is 5.56 Å². The SMILES string of the molecule is CC(Nc1ncc(-c2ccccc2)cn1)c1ccccc1. The second kappa shape index (κ2) is 6.18. The number of anilines is 1. The maximum Gasteiger partial charge on any atom is 0.223 e. The third-order valence-corrected chi connectivity index (χ3v) is 3.40. The van der Waals surface area contributed by atoms with Crippen molar-refractivity contribution in [3.05, 3.63) is 78.6 Å². The second-order valence-electron chi connectivity index (χ2n) is 4.94. The molecule has 0 bridgehead atoms. The Morgan fingerprint density at radius 2 is 1.33 bits per heavy atom. The van der Waals surface area contributed by atoms with E-state index >= 15 is 0 Å². The Morgan fingerprint density at radius 3 is 1.95 bits per heavy atom. The summed E-state index contributed by atoms with van der Waals surface area (Å²) in [6, 6.07) is 20.6. The Hall–Kier alpha value is -2.68. The van der Waals surface area contributed by atoms with E-state index in [1.807, 2.05) is 48.8 Å². The number of hydrogen-bond acceptors (Lipinski definition) is 3. The maximum atomic E-state index is 4.40. The zero-order valence-electron chi connectivity index (χ0n) is 11.9. The van der Waals surface area contributed by atoms with Crippen molar-refractivity contribution in [1.82, 2.24) is 9.97 Å². The summed E-state index contributed by atoms with van der Waals surface area (Å²) in [5.41, 5.74) is 3.36. The average Bonchev–Trinajstić information content (AvgIpc) is 2.57. The molecule has 1 atom stereocenters. The van der Waals surface area contributed by atoms with Gasteiger partial charge in [-0.1, -0.05) is 60.7 Å². The summed E-state index contributed by atoms with van der Waals surface area (Å²) in [6.07, 6.45) is 3.70. The molecular weight excluding hydrogens is 258 g/mol. The molecule has 1 heterocycles. The lowest BCUT2D eigenvalue weighted by atomic mass is 10.1. The Morgan fingerprint density at radius 1 is 0.762 bits per heavy atom. The molecular formula is C18H17N3. The van der Waals surface area contributed by atoms with Crippen LogP contribution < -0.4 is 5.32 Å². The molecule has 3 nitrogen and oxygen atoms in total. The number of rotatable bonds is 4. The van der Waals surface area contributed by atoms with Crippen LogP contribution in [0.15, 0.2) is 73.1 Å². The molecule has 1 N–H and O–H groups in total. The number of nitrogens with zero attached hydrogens (tertiary/aromatic N) is 2. The van der Waals surface area contributed by atoms with E-state index in [9.17, 15) is 0 Å². The molecule has 3 aromatic rings. The molecule has 0 aliphatic carbocycles. The monoisotopic (exact) mass is 275 g/mol. The summed E-state index contributed by atoms with van der Waals surface area (Å²) < 4.78 is 0. The normalized spacial score (nSPS) is 11.9. The summed E-state index contributed by atoms with van der Waals surface area (Å²) >= 11 is 0. The summed E-state index contributed by atoms with van der Waals surface area (Å²) in [7, 11) is 0. The van der Waals surface area contributed by atoms with Crippen LogP contribution in [-0.4, -0.2) is 9.97 Å². The van der Waals surface area contributed by atoms with Crippen molar-refractivity contribution < 1.29 is 0 Å². The van der Waals surface area contributed by atoms with Gasteiger partial charge in [-0.3, -0.25) is 0 Å². The van der Waals surface area contributed by atoms with Crippen LogP contribution in [0.4, 0.5) is 5.95 Å². The molecule has 21 heavy (non-hydrogen) atoms. The molecule has 0 amide bonds. The molecule has 104 valence electrons. The van der Waals surface area contributed by atoms with Gasteiger partial charge in [-0.15, -0.1) is 0 Å². The molecule has 0 spiro atoms. The molecule has 0 saturated carbocycles. The third kappa shape index (κ3) is 3.26. The first-order valence-corrected chi connectivity index (χ1v) is 7.02. The van der Waals surface area contributed by atoms with Crippen LogP contribution in [-0.2, 0) is 0 Å². The topological polar surface area (TPSA) is 37.8 Å². The number of hydrogen-bond donors (Lipinski definition) is 1. The fraction of sp³-hybridized carbons (Fsp3) is 0.111. The zero-order chi connectivity index (χ0) is 14.5. The molecule has 0 saturated heterocycles. The van der Waals surface area contributed by atoms with Crippen molar-refractivity contribution >= 4 is 5.95 Å². The Balaban J connectivity index is 1.73. The summed E-state index contributed by atoms with van der Waals surface area (Å²) in [4.78, 5) is 8.80. The van der Waals surface area contributed by atoms with E-state index < -0.39 is 0 Å². The van der Waals surface area contributed by atoms with Gasteiger partial charge in [0.05, 0.1) is 6.04 Å². The van der Waals surface area contributed by atoms with Gasteiger partial charge in [-0.05, 0) is 18.1 Å². The Bertz CT molecular complexity index is 679. The minimum atomic E-state index is 0.175. The Labute approximate surface area is 124 Å². The van der Waals surface area contributed by atoms with E-state index in [0.717, 1.165) is 11.1 Å². The van der Waals surface area contributed by atoms with Gasteiger partial charge in [0.15, 0.2) is 0 Å². The molecule has 3 rings (SSSR count). The van der Waals surface area contributed by atoms with Crippen molar-refractivity contribution in [3.63, 3.8) is 0 Å². The molecule has 2 aromatic carbocycles. The van der Waals surface area contributed by atoms with Gasteiger partial charge in [0, 0.05) is 18.0 Å². The molecule has 3 heteroatoms. The lowest BCUT2D eigenvalue weighted by Gasteiger charge is -2.14. The molecule has 1 unspecified atom stereocenters. The fourth-order valence-corrected chi connectivity index (χ4v) is 2.20. The summed E-state index contributed by atoms with van der Waals surface area (Å²) in [6.45, 7) is 2.10. The van der Waals surface area contributed by atoms with Gasteiger partial charge in [0.1, 0.15) is 0 Å². The molecule has 0 aliphatic rings. The predicted octanol–water partition coefficient (Wildman–Crippen LogP) is 4.32. The quantitative estimate of drug-likeness (QED) is 0.770. The molecule has 0 fully saturated rings. The summed E-state index contributed by atoms with van der Waals surface area (Å²) in [5, 5.41) is 3.31. The highest BCUT2D eigenvalue weighted by atomic mass is 15.1. The first kappa shape index (κ1) is 13.3. The number of aromatic nitrogens is 2. The maximum absolute atomic E-state index is 4.40. The van der Waals surface area contributed by atoms with E-state index in [-0.39, 0.29) is 6.04 Å². The van der Waals surface area contributed by atoms with Gasteiger partial charge < -0.3 is 5.32 Å². The van der Waals surface area contributed by atoms with Crippen molar-refractivity contribution in [2.45, 2.75) is 13.0 Å². The van der Waals surface area contributed by atoms with Gasteiger partial charge >= 0.3 is 0 Å². The molecule has 1 aromatic heterocycles. The van der Waals surface area contributed by atoms with Crippen LogP contribution in [0.3, 0.4) is 0 Å². The average molecular weight is 275 g/mol. The first-order chi connectivity index (χ1) is 10.3. The molecule has 0 radical (unpaired) electrons. The highest BCUT2D eigenvalue weighted by Crippen LogP contribution is 2.19. The third-order valence-electron chi connectivity index (χ3n) is 3.40. The highest BCUT2D eigenvalue weighted by molar-refractivity contribution is 5.61. The fourth-order valence-electron chi connectivity index (χ4n) is 2.20. The highest BCUT2D eigenvalue weighted by Gasteiger charge is 2.06. The summed E-state index contributed by atoms with van der Waals surface area (Å²) in [5.74, 6) is 0.644. The largest absolute Gasteiger partial charge is 0.348 e. The van der Waals surface area contributed by atoms with Gasteiger partial charge in [-0.2, -0.15) is 0 Å². The van der Waals surface area contributed by atoms with E-state index in [0.29, 0.717) is 5.95 Å². The van der Waals surface area contributed by atoms with Crippen LogP contribution in [0.25, 0.3) is 11.1 Å². The van der Waals surface area contributed by atoms with Crippen molar-refractivity contribution in [1.29, 1.82) is 0 Å². The van der Waals surface area contributed by atoms with Crippen LogP contribution in [0.1, 0.15) is 18.5 Å². The zero-order valence-corrected chi connectivity index (χ0v) is 11.9. The second-order valence-corrected chi connectivity index (χ2v) is 4.94. The van der Waals surface area contributed by atoms with Crippen molar-refractivity contribution in [2.24, 2.45) is 0 Å². The van der Waals surface area contributed by atoms with E-state index in [4.69, 9.17) is 0 Å². The van der Waals surface area contributed by atoms with Crippen molar-refractivity contribution in [3.8, 4) is 11.1 Å².